The van der Waals surface area contributed by atoms with Crippen molar-refractivity contribution in [3.8, 4) is 0 Å². The number of nitrogens with one attached hydrogen (secondary N) is 1. The van der Waals surface area contributed by atoms with Gasteiger partial charge in [-0.1, -0.05) is 18.6 Å². The van der Waals surface area contributed by atoms with E-state index >= 15 is 0 Å². The first-order valence-corrected chi connectivity index (χ1v) is 7.49. The van der Waals surface area contributed by atoms with Gasteiger partial charge in [0, 0.05) is 12.5 Å². The van der Waals surface area contributed by atoms with Gasteiger partial charge in [-0.25, -0.2) is 0 Å². The Balaban J connectivity index is 2.35. The maximum absolute atomic E-state index is 12.2. The molecule has 0 saturated heterocycles. The highest BCUT2D eigenvalue weighted by Crippen LogP contribution is 2.26. The second-order valence-electron chi connectivity index (χ2n) is 5.47. The van der Waals surface area contributed by atoms with Gasteiger partial charge >= 0.3 is 6.18 Å². The van der Waals surface area contributed by atoms with Crippen LogP contribution in [-0.2, 0) is 0 Å². The van der Waals surface area contributed by atoms with E-state index < -0.39 is 12.6 Å². The zero-order valence-corrected chi connectivity index (χ0v) is 11.9. The van der Waals surface area contributed by atoms with Gasteiger partial charge in [-0.05, 0) is 57.9 Å². The molecule has 0 spiro atoms. The van der Waals surface area contributed by atoms with Crippen LogP contribution in [0.25, 0.3) is 0 Å². The molecule has 0 aromatic heterocycles. The van der Waals surface area contributed by atoms with Crippen LogP contribution in [0.15, 0.2) is 11.6 Å². The van der Waals surface area contributed by atoms with Gasteiger partial charge < -0.3 is 5.32 Å². The van der Waals surface area contributed by atoms with E-state index in [0.29, 0.717) is 6.42 Å². The van der Waals surface area contributed by atoms with E-state index in [4.69, 9.17) is 0 Å². The molecule has 19 heavy (non-hydrogen) atoms. The normalized spacial score (nSPS) is 18.2. The molecule has 0 aromatic rings. The smallest absolute Gasteiger partial charge is 0.314 e. The molecule has 0 fully saturated rings. The van der Waals surface area contributed by atoms with Gasteiger partial charge in [0.1, 0.15) is 0 Å². The van der Waals surface area contributed by atoms with Gasteiger partial charge in [0.2, 0.25) is 0 Å². The molecule has 112 valence electrons. The van der Waals surface area contributed by atoms with Crippen molar-refractivity contribution in [1.82, 2.24) is 5.32 Å². The molecule has 0 aliphatic heterocycles. The highest BCUT2D eigenvalue weighted by atomic mass is 19.4. The fourth-order valence-electron chi connectivity index (χ4n) is 2.58. The van der Waals surface area contributed by atoms with Crippen molar-refractivity contribution in [2.24, 2.45) is 0 Å². The van der Waals surface area contributed by atoms with Crippen LogP contribution in [0.3, 0.4) is 0 Å². The highest BCUT2D eigenvalue weighted by molar-refractivity contribution is 5.07. The first-order valence-electron chi connectivity index (χ1n) is 7.49. The molecule has 0 radical (unpaired) electrons. The predicted octanol–water partition coefficient (Wildman–Crippen LogP) is 4.98. The number of halogens is 3. The second-order valence-corrected chi connectivity index (χ2v) is 5.47. The van der Waals surface area contributed by atoms with E-state index in [0.717, 1.165) is 32.2 Å². The van der Waals surface area contributed by atoms with E-state index in [1.165, 1.54) is 18.4 Å². The molecule has 1 atom stereocenters. The van der Waals surface area contributed by atoms with Crippen LogP contribution in [0.2, 0.25) is 0 Å². The maximum Gasteiger partial charge on any atom is 0.389 e. The second kappa shape index (κ2) is 8.62. The number of hydrogen-bond acceptors (Lipinski definition) is 1. The lowest BCUT2D eigenvalue weighted by Gasteiger charge is -2.22. The molecule has 1 rings (SSSR count). The molecule has 1 nitrogen and oxygen atoms in total. The molecule has 1 aliphatic carbocycles. The lowest BCUT2D eigenvalue weighted by atomic mass is 9.92. The van der Waals surface area contributed by atoms with E-state index in [1.807, 2.05) is 0 Å². The third-order valence-corrected chi connectivity index (χ3v) is 3.59. The molecule has 1 N–H and O–H groups in total. The van der Waals surface area contributed by atoms with E-state index in [2.05, 4.69) is 18.3 Å². The minimum atomic E-state index is -4.01. The van der Waals surface area contributed by atoms with Gasteiger partial charge in [-0.3, -0.25) is 0 Å². The Hall–Kier alpha value is -0.510. The predicted molar refractivity (Wildman–Crippen MR) is 73.2 cm³/mol. The van der Waals surface area contributed by atoms with Crippen LogP contribution in [0.4, 0.5) is 13.2 Å². The summed E-state index contributed by atoms with van der Waals surface area (Å²) in [7, 11) is 0. The minimum Gasteiger partial charge on any atom is -0.314 e. The fraction of sp³-hybridized carbons (Fsp3) is 0.867. The van der Waals surface area contributed by atoms with E-state index in [-0.39, 0.29) is 12.5 Å². The summed E-state index contributed by atoms with van der Waals surface area (Å²) in [5, 5.41) is 3.39. The lowest BCUT2D eigenvalue weighted by molar-refractivity contribution is -0.135. The molecule has 1 aliphatic rings. The third-order valence-electron chi connectivity index (χ3n) is 3.59. The van der Waals surface area contributed by atoms with Crippen molar-refractivity contribution >= 4 is 0 Å². The van der Waals surface area contributed by atoms with Crippen LogP contribution < -0.4 is 5.32 Å². The van der Waals surface area contributed by atoms with Crippen molar-refractivity contribution in [1.29, 1.82) is 0 Å². The van der Waals surface area contributed by atoms with Gasteiger partial charge in [0.05, 0.1) is 0 Å². The quantitative estimate of drug-likeness (QED) is 0.617. The standard InChI is InChI=1S/C15H26F3N/c1-2-11-19-14(9-6-10-15(16,17)18)12-13-7-4-3-5-8-13/h7,14,19H,2-6,8-12H2,1H3. The van der Waals surface area contributed by atoms with Crippen LogP contribution in [0.5, 0.6) is 0 Å². The molecule has 0 saturated carbocycles. The van der Waals surface area contributed by atoms with E-state index in [1.54, 1.807) is 0 Å². The van der Waals surface area contributed by atoms with Crippen LogP contribution >= 0.6 is 0 Å². The maximum atomic E-state index is 12.2. The van der Waals surface area contributed by atoms with Crippen LogP contribution in [0, 0.1) is 0 Å². The summed E-state index contributed by atoms with van der Waals surface area (Å²) >= 11 is 0. The Morgan fingerprint density at radius 1 is 1.32 bits per heavy atom. The molecule has 0 aromatic carbocycles. The summed E-state index contributed by atoms with van der Waals surface area (Å²) in [6, 6.07) is 0.214. The average molecular weight is 277 g/mol. The third kappa shape index (κ3) is 8.30. The number of allylic oxidation sites excluding steroid dienone is 1. The topological polar surface area (TPSA) is 12.0 Å². The number of hydrogen-bond donors (Lipinski definition) is 1. The highest BCUT2D eigenvalue weighted by Gasteiger charge is 2.26. The van der Waals surface area contributed by atoms with Gasteiger partial charge in [-0.15, -0.1) is 0 Å². The molecular formula is C15H26F3N. The molecule has 0 amide bonds. The zero-order chi connectivity index (χ0) is 14.1. The summed E-state index contributed by atoms with van der Waals surface area (Å²) in [4.78, 5) is 0. The number of rotatable bonds is 8. The SMILES string of the molecule is CCCNC(CCCC(F)(F)F)CC1=CCCCC1. The Bertz CT molecular complexity index is 271. The Morgan fingerprint density at radius 3 is 2.68 bits per heavy atom. The monoisotopic (exact) mass is 277 g/mol. The van der Waals surface area contributed by atoms with Crippen LogP contribution in [-0.4, -0.2) is 18.8 Å². The molecular weight excluding hydrogens is 251 g/mol. The van der Waals surface area contributed by atoms with Crippen molar-refractivity contribution < 1.29 is 13.2 Å². The average Bonchev–Trinajstić information content (AvgIpc) is 2.35. The fourth-order valence-corrected chi connectivity index (χ4v) is 2.58. The first kappa shape index (κ1) is 16.5. The largest absolute Gasteiger partial charge is 0.389 e. The summed E-state index contributed by atoms with van der Waals surface area (Å²) in [6.07, 6.45) is 5.17. The number of alkyl halides is 3. The zero-order valence-electron chi connectivity index (χ0n) is 11.9. The van der Waals surface area contributed by atoms with Crippen LogP contribution in [0.1, 0.15) is 64.7 Å². The summed E-state index contributed by atoms with van der Waals surface area (Å²) < 4.78 is 36.6. The lowest BCUT2D eigenvalue weighted by Crippen LogP contribution is -2.30. The minimum absolute atomic E-state index is 0.214. The van der Waals surface area contributed by atoms with Gasteiger partial charge in [0.25, 0.3) is 0 Å². The Morgan fingerprint density at radius 2 is 2.11 bits per heavy atom. The summed E-state index contributed by atoms with van der Waals surface area (Å²) in [5.74, 6) is 0. The summed E-state index contributed by atoms with van der Waals surface area (Å²) in [5.41, 5.74) is 1.44. The molecule has 4 heteroatoms. The summed E-state index contributed by atoms with van der Waals surface area (Å²) in [6.45, 7) is 2.98. The van der Waals surface area contributed by atoms with Crippen molar-refractivity contribution in [3.63, 3.8) is 0 Å². The molecule has 0 heterocycles. The Kier molecular flexibility index (Phi) is 7.51. The van der Waals surface area contributed by atoms with Crippen molar-refractivity contribution in [2.75, 3.05) is 6.54 Å². The molecule has 0 bridgehead atoms. The van der Waals surface area contributed by atoms with Crippen molar-refractivity contribution in [2.45, 2.75) is 76.9 Å². The Labute approximate surface area is 114 Å². The van der Waals surface area contributed by atoms with Gasteiger partial charge in [0.15, 0.2) is 0 Å². The van der Waals surface area contributed by atoms with Crippen molar-refractivity contribution in [3.05, 3.63) is 11.6 Å². The first-order chi connectivity index (χ1) is 9.01. The van der Waals surface area contributed by atoms with Gasteiger partial charge in [-0.2, -0.15) is 13.2 Å². The molecule has 1 unspecified atom stereocenters. The van der Waals surface area contributed by atoms with E-state index in [9.17, 15) is 13.2 Å².